The van der Waals surface area contributed by atoms with Gasteiger partial charge >= 0.3 is 0 Å². The van der Waals surface area contributed by atoms with Gasteiger partial charge in [0, 0.05) is 31.8 Å². The maximum atomic E-state index is 12.0. The van der Waals surface area contributed by atoms with Crippen LogP contribution in [-0.2, 0) is 4.79 Å². The van der Waals surface area contributed by atoms with Crippen molar-refractivity contribution in [3.8, 4) is 5.75 Å². The summed E-state index contributed by atoms with van der Waals surface area (Å²) in [6, 6.07) is 5.70. The molecule has 0 aromatic heterocycles. The number of nitro benzene ring substituents is 1. The van der Waals surface area contributed by atoms with Crippen LogP contribution in [-0.4, -0.2) is 48.5 Å². The molecule has 21 heavy (non-hydrogen) atoms. The molecule has 1 saturated heterocycles. The number of nitro groups is 1. The first-order chi connectivity index (χ1) is 9.66. The van der Waals surface area contributed by atoms with E-state index < -0.39 is 4.92 Å². The van der Waals surface area contributed by atoms with E-state index >= 15 is 0 Å². The lowest BCUT2D eigenvalue weighted by atomic mass is 10.3. The third-order valence-electron chi connectivity index (χ3n) is 3.10. The van der Waals surface area contributed by atoms with E-state index in [0.717, 1.165) is 26.1 Å². The summed E-state index contributed by atoms with van der Waals surface area (Å²) in [5.74, 6) is 0.393. The summed E-state index contributed by atoms with van der Waals surface area (Å²) in [6.07, 6.45) is 0.934. The molecule has 7 nitrogen and oxygen atoms in total. The van der Waals surface area contributed by atoms with Crippen LogP contribution in [0.1, 0.15) is 6.42 Å². The van der Waals surface area contributed by atoms with Crippen molar-refractivity contribution in [2.45, 2.75) is 6.42 Å². The van der Waals surface area contributed by atoms with E-state index in [9.17, 15) is 14.9 Å². The lowest BCUT2D eigenvalue weighted by Gasteiger charge is -2.19. The predicted molar refractivity (Wildman–Crippen MR) is 79.9 cm³/mol. The summed E-state index contributed by atoms with van der Waals surface area (Å²) in [7, 11) is 0. The fourth-order valence-corrected chi connectivity index (χ4v) is 2.00. The minimum absolute atomic E-state index is 0. The number of hydrogen-bond acceptors (Lipinski definition) is 5. The summed E-state index contributed by atoms with van der Waals surface area (Å²) < 4.78 is 5.36. The van der Waals surface area contributed by atoms with Gasteiger partial charge in [-0.25, -0.2) is 0 Å². The van der Waals surface area contributed by atoms with Crippen LogP contribution in [0.4, 0.5) is 5.69 Å². The molecule has 1 aliphatic heterocycles. The maximum absolute atomic E-state index is 12.0. The number of benzene rings is 1. The summed E-state index contributed by atoms with van der Waals surface area (Å²) in [5, 5.41) is 13.7. The van der Waals surface area contributed by atoms with E-state index in [2.05, 4.69) is 5.32 Å². The van der Waals surface area contributed by atoms with Gasteiger partial charge < -0.3 is 15.0 Å². The molecule has 1 aromatic rings. The van der Waals surface area contributed by atoms with Gasteiger partial charge in [0.2, 0.25) is 0 Å². The van der Waals surface area contributed by atoms with Crippen LogP contribution in [0.15, 0.2) is 24.3 Å². The number of rotatable bonds is 4. The molecule has 1 aromatic carbocycles. The van der Waals surface area contributed by atoms with E-state index in [1.807, 2.05) is 0 Å². The monoisotopic (exact) mass is 315 g/mol. The molecular formula is C13H18ClN3O4. The third kappa shape index (κ3) is 5.20. The summed E-state index contributed by atoms with van der Waals surface area (Å²) >= 11 is 0. The fraction of sp³-hybridized carbons (Fsp3) is 0.462. The Hall–Kier alpha value is -1.86. The van der Waals surface area contributed by atoms with Crippen LogP contribution in [0.2, 0.25) is 0 Å². The maximum Gasteiger partial charge on any atom is 0.269 e. The van der Waals surface area contributed by atoms with E-state index in [-0.39, 0.29) is 30.6 Å². The van der Waals surface area contributed by atoms with E-state index in [1.54, 1.807) is 4.90 Å². The van der Waals surface area contributed by atoms with Crippen LogP contribution in [0, 0.1) is 10.1 Å². The summed E-state index contributed by atoms with van der Waals surface area (Å²) in [4.78, 5) is 23.8. The van der Waals surface area contributed by atoms with Crippen molar-refractivity contribution in [3.05, 3.63) is 34.4 Å². The number of hydrogen-bond donors (Lipinski definition) is 1. The van der Waals surface area contributed by atoms with Gasteiger partial charge in [-0.15, -0.1) is 12.4 Å². The molecule has 0 bridgehead atoms. The van der Waals surface area contributed by atoms with Crippen LogP contribution < -0.4 is 10.1 Å². The van der Waals surface area contributed by atoms with Crippen LogP contribution in [0.5, 0.6) is 5.75 Å². The highest BCUT2D eigenvalue weighted by molar-refractivity contribution is 5.85. The standard InChI is InChI=1S/C13H17N3O4.ClH/c17-13(15-8-1-6-14-7-9-15)10-20-12-4-2-11(3-5-12)16(18)19;/h2-5,14H,1,6-10H2;1H. The number of nitrogens with zero attached hydrogens (tertiary/aromatic N) is 2. The zero-order chi connectivity index (χ0) is 14.4. The zero-order valence-electron chi connectivity index (χ0n) is 11.5. The highest BCUT2D eigenvalue weighted by atomic mass is 35.5. The van der Waals surface area contributed by atoms with Gasteiger partial charge in [-0.2, -0.15) is 0 Å². The van der Waals surface area contributed by atoms with Gasteiger partial charge in [0.05, 0.1) is 4.92 Å². The van der Waals surface area contributed by atoms with Crippen LogP contribution >= 0.6 is 12.4 Å². The van der Waals surface area contributed by atoms with Gasteiger partial charge in [-0.3, -0.25) is 14.9 Å². The molecule has 1 fully saturated rings. The highest BCUT2D eigenvalue weighted by Gasteiger charge is 2.15. The number of carbonyl (C=O) groups excluding carboxylic acids is 1. The van der Waals surface area contributed by atoms with Gasteiger partial charge in [0.1, 0.15) is 5.75 Å². The van der Waals surface area contributed by atoms with Crippen molar-refractivity contribution in [2.75, 3.05) is 32.8 Å². The number of amides is 1. The molecule has 1 N–H and O–H groups in total. The molecule has 1 heterocycles. The van der Waals surface area contributed by atoms with E-state index in [0.29, 0.717) is 12.3 Å². The van der Waals surface area contributed by atoms with Gasteiger partial charge in [-0.05, 0) is 25.1 Å². The summed E-state index contributed by atoms with van der Waals surface area (Å²) in [5.41, 5.74) is 0.00210. The Morgan fingerprint density at radius 1 is 1.29 bits per heavy atom. The summed E-state index contributed by atoms with van der Waals surface area (Å²) in [6.45, 7) is 3.09. The Bertz CT molecular complexity index is 473. The Kier molecular flexibility index (Phi) is 6.90. The Morgan fingerprint density at radius 2 is 2.00 bits per heavy atom. The Labute approximate surface area is 128 Å². The minimum Gasteiger partial charge on any atom is -0.484 e. The molecule has 0 unspecified atom stereocenters. The molecular weight excluding hydrogens is 298 g/mol. The predicted octanol–water partition coefficient (Wildman–Crippen LogP) is 1.22. The SMILES string of the molecule is Cl.O=C(COc1ccc([N+](=O)[O-])cc1)N1CCCNCC1. The number of nitrogens with one attached hydrogen (secondary N) is 1. The normalized spacial score (nSPS) is 14.8. The van der Waals surface area contributed by atoms with Crippen molar-refractivity contribution < 1.29 is 14.5 Å². The first kappa shape index (κ1) is 17.2. The van der Waals surface area contributed by atoms with Gasteiger partial charge in [-0.1, -0.05) is 0 Å². The first-order valence-corrected chi connectivity index (χ1v) is 6.52. The quantitative estimate of drug-likeness (QED) is 0.667. The Morgan fingerprint density at radius 3 is 2.67 bits per heavy atom. The van der Waals surface area contributed by atoms with Crippen molar-refractivity contribution in [1.82, 2.24) is 10.2 Å². The molecule has 116 valence electrons. The molecule has 2 rings (SSSR count). The lowest BCUT2D eigenvalue weighted by molar-refractivity contribution is -0.384. The number of carbonyl (C=O) groups is 1. The second kappa shape index (κ2) is 8.43. The highest BCUT2D eigenvalue weighted by Crippen LogP contribution is 2.17. The van der Waals surface area contributed by atoms with E-state index in [4.69, 9.17) is 4.74 Å². The molecule has 0 aliphatic carbocycles. The van der Waals surface area contributed by atoms with E-state index in [1.165, 1.54) is 24.3 Å². The smallest absolute Gasteiger partial charge is 0.269 e. The lowest BCUT2D eigenvalue weighted by Crippen LogP contribution is -2.37. The molecule has 1 aliphatic rings. The molecule has 1 amide bonds. The third-order valence-corrected chi connectivity index (χ3v) is 3.10. The van der Waals surface area contributed by atoms with Crippen molar-refractivity contribution >= 4 is 24.0 Å². The number of non-ortho nitro benzene ring substituents is 1. The number of halogens is 1. The van der Waals surface area contributed by atoms with Gasteiger partial charge in [0.25, 0.3) is 11.6 Å². The number of ether oxygens (including phenoxy) is 1. The molecule has 0 saturated carbocycles. The molecule has 8 heteroatoms. The molecule has 0 atom stereocenters. The van der Waals surface area contributed by atoms with Crippen molar-refractivity contribution in [3.63, 3.8) is 0 Å². The van der Waals surface area contributed by atoms with Crippen molar-refractivity contribution in [2.24, 2.45) is 0 Å². The molecule has 0 spiro atoms. The first-order valence-electron chi connectivity index (χ1n) is 6.52. The largest absolute Gasteiger partial charge is 0.484 e. The zero-order valence-corrected chi connectivity index (χ0v) is 12.3. The van der Waals surface area contributed by atoms with Gasteiger partial charge in [0.15, 0.2) is 6.61 Å². The average Bonchev–Trinajstić information content (AvgIpc) is 2.74. The minimum atomic E-state index is -0.473. The topological polar surface area (TPSA) is 84.7 Å². The fourth-order valence-electron chi connectivity index (χ4n) is 2.00. The second-order valence-electron chi connectivity index (χ2n) is 4.52. The second-order valence-corrected chi connectivity index (χ2v) is 4.52. The Balaban J connectivity index is 0.00000220. The van der Waals surface area contributed by atoms with Crippen molar-refractivity contribution in [1.29, 1.82) is 0 Å². The average molecular weight is 316 g/mol. The molecule has 0 radical (unpaired) electrons. The van der Waals surface area contributed by atoms with Crippen LogP contribution in [0.3, 0.4) is 0 Å². The van der Waals surface area contributed by atoms with Crippen LogP contribution in [0.25, 0.3) is 0 Å².